The summed E-state index contributed by atoms with van der Waals surface area (Å²) in [6.07, 6.45) is 2.61. The van der Waals surface area contributed by atoms with Gasteiger partial charge in [0.25, 0.3) is 0 Å². The van der Waals surface area contributed by atoms with E-state index in [4.69, 9.17) is 11.6 Å². The van der Waals surface area contributed by atoms with Crippen molar-refractivity contribution in [2.45, 2.75) is 31.8 Å². The molecule has 4 nitrogen and oxygen atoms in total. The Morgan fingerprint density at radius 2 is 1.89 bits per heavy atom. The van der Waals surface area contributed by atoms with Crippen LogP contribution in [0.3, 0.4) is 0 Å². The number of carbonyl (C=O) groups excluding carboxylic acids is 2. The summed E-state index contributed by atoms with van der Waals surface area (Å²) in [7, 11) is 0. The molecule has 0 spiro atoms. The van der Waals surface area contributed by atoms with Crippen LogP contribution in [0.4, 0.5) is 11.4 Å². The van der Waals surface area contributed by atoms with Crippen LogP contribution < -0.4 is 9.80 Å². The van der Waals surface area contributed by atoms with E-state index in [0.29, 0.717) is 17.3 Å². The molecule has 0 saturated heterocycles. The van der Waals surface area contributed by atoms with Gasteiger partial charge in [0.2, 0.25) is 11.8 Å². The van der Waals surface area contributed by atoms with E-state index >= 15 is 0 Å². The van der Waals surface area contributed by atoms with Crippen LogP contribution in [0.2, 0.25) is 5.02 Å². The van der Waals surface area contributed by atoms with E-state index in [1.807, 2.05) is 41.3 Å². The zero-order chi connectivity index (χ0) is 19.0. The molecule has 2 aliphatic rings. The Morgan fingerprint density at radius 1 is 1.11 bits per heavy atom. The molecule has 1 heterocycles. The lowest BCUT2D eigenvalue weighted by Crippen LogP contribution is -2.45. The fraction of sp³-hybridized carbons (Fsp3) is 0.333. The Morgan fingerprint density at radius 3 is 2.63 bits per heavy atom. The zero-order valence-electron chi connectivity index (χ0n) is 14.8. The molecular weight excluding hydrogens is 428 g/mol. The second-order valence-electron chi connectivity index (χ2n) is 7.05. The van der Waals surface area contributed by atoms with Gasteiger partial charge < -0.3 is 9.80 Å². The van der Waals surface area contributed by atoms with Crippen molar-refractivity contribution in [3.63, 3.8) is 0 Å². The number of hydrogen-bond donors (Lipinski definition) is 0. The third-order valence-electron chi connectivity index (χ3n) is 5.45. The smallest absolute Gasteiger partial charge is 0.237 e. The summed E-state index contributed by atoms with van der Waals surface area (Å²) in [5.74, 6) is -0.123. The quantitative estimate of drug-likeness (QED) is 0.635. The largest absolute Gasteiger partial charge is 0.306 e. The molecule has 140 valence electrons. The minimum atomic E-state index is -0.178. The number of amides is 2. The predicted octanol–water partition coefficient (Wildman–Crippen LogP) is 4.78. The normalized spacial score (nSPS) is 21.6. The van der Waals surface area contributed by atoms with Crippen molar-refractivity contribution in [3.8, 4) is 0 Å². The molecule has 1 aliphatic heterocycles. The van der Waals surface area contributed by atoms with Gasteiger partial charge >= 0.3 is 0 Å². The SMILES string of the molecule is O=C1[C@H]2CCC[C@H]2N(C(=O)CBr)c2ccc(Cl)cc2N1Cc1ccccc1. The molecule has 0 bridgehead atoms. The number of nitrogens with zero attached hydrogens (tertiary/aromatic N) is 2. The maximum Gasteiger partial charge on any atom is 0.237 e. The lowest BCUT2D eigenvalue weighted by molar-refractivity contribution is -0.122. The second kappa shape index (κ2) is 7.64. The molecule has 0 N–H and O–H groups in total. The summed E-state index contributed by atoms with van der Waals surface area (Å²) < 4.78 is 0. The number of benzene rings is 2. The number of hydrogen-bond acceptors (Lipinski definition) is 2. The highest BCUT2D eigenvalue weighted by molar-refractivity contribution is 9.09. The van der Waals surface area contributed by atoms with Gasteiger partial charge in [-0.2, -0.15) is 0 Å². The Bertz CT molecular complexity index is 874. The van der Waals surface area contributed by atoms with Crippen LogP contribution >= 0.6 is 27.5 Å². The highest BCUT2D eigenvalue weighted by Crippen LogP contribution is 2.44. The number of alkyl halides is 1. The van der Waals surface area contributed by atoms with Crippen LogP contribution in [0.1, 0.15) is 24.8 Å². The van der Waals surface area contributed by atoms with E-state index in [1.165, 1.54) is 0 Å². The molecule has 2 atom stereocenters. The van der Waals surface area contributed by atoms with Crippen LogP contribution in [0, 0.1) is 5.92 Å². The Balaban J connectivity index is 1.86. The lowest BCUT2D eigenvalue weighted by Gasteiger charge is -2.30. The minimum Gasteiger partial charge on any atom is -0.306 e. The Hall–Kier alpha value is -1.85. The van der Waals surface area contributed by atoms with Crippen molar-refractivity contribution in [2.75, 3.05) is 15.1 Å². The number of halogens is 2. The van der Waals surface area contributed by atoms with Crippen molar-refractivity contribution in [1.29, 1.82) is 0 Å². The molecule has 2 aromatic rings. The average molecular weight is 448 g/mol. The minimum absolute atomic E-state index is 0.0233. The van der Waals surface area contributed by atoms with Crippen molar-refractivity contribution >= 4 is 50.7 Å². The van der Waals surface area contributed by atoms with E-state index in [1.54, 1.807) is 17.0 Å². The first-order valence-corrected chi connectivity index (χ1v) is 10.6. The summed E-state index contributed by atoms with van der Waals surface area (Å²) in [6.45, 7) is 0.465. The summed E-state index contributed by atoms with van der Waals surface area (Å²) in [6, 6.07) is 15.3. The van der Waals surface area contributed by atoms with Gasteiger partial charge in [-0.05, 0) is 36.6 Å². The monoisotopic (exact) mass is 446 g/mol. The number of fused-ring (bicyclic) bond motifs is 2. The second-order valence-corrected chi connectivity index (χ2v) is 8.04. The van der Waals surface area contributed by atoms with E-state index in [-0.39, 0.29) is 29.1 Å². The molecular formula is C21H20BrClN2O2. The molecule has 1 saturated carbocycles. The van der Waals surface area contributed by atoms with Crippen LogP contribution in [-0.2, 0) is 16.1 Å². The first-order chi connectivity index (χ1) is 13.1. The summed E-state index contributed by atoms with van der Waals surface area (Å²) >= 11 is 9.58. The van der Waals surface area contributed by atoms with E-state index in [0.717, 1.165) is 30.5 Å². The molecule has 0 unspecified atom stereocenters. The summed E-state index contributed by atoms with van der Waals surface area (Å²) in [4.78, 5) is 29.9. The van der Waals surface area contributed by atoms with Crippen LogP contribution in [0.5, 0.6) is 0 Å². The third-order valence-corrected chi connectivity index (χ3v) is 6.16. The van der Waals surface area contributed by atoms with Crippen molar-refractivity contribution in [2.24, 2.45) is 5.92 Å². The highest BCUT2D eigenvalue weighted by Gasteiger charge is 2.45. The van der Waals surface area contributed by atoms with Crippen LogP contribution in [0.25, 0.3) is 0 Å². The van der Waals surface area contributed by atoms with Gasteiger partial charge in [-0.3, -0.25) is 9.59 Å². The highest BCUT2D eigenvalue weighted by atomic mass is 79.9. The number of anilines is 2. The fourth-order valence-electron chi connectivity index (χ4n) is 4.26. The van der Waals surface area contributed by atoms with Crippen molar-refractivity contribution in [1.82, 2.24) is 0 Å². The molecule has 0 aromatic heterocycles. The van der Waals surface area contributed by atoms with Gasteiger partial charge in [0.1, 0.15) is 0 Å². The fourth-order valence-corrected chi connectivity index (χ4v) is 4.70. The van der Waals surface area contributed by atoms with E-state index < -0.39 is 0 Å². The van der Waals surface area contributed by atoms with Gasteiger partial charge in [0.05, 0.1) is 29.2 Å². The topological polar surface area (TPSA) is 40.6 Å². The number of rotatable bonds is 3. The van der Waals surface area contributed by atoms with E-state index in [2.05, 4.69) is 15.9 Å². The maximum atomic E-state index is 13.5. The molecule has 4 rings (SSSR count). The van der Waals surface area contributed by atoms with Crippen LogP contribution in [-0.4, -0.2) is 23.2 Å². The van der Waals surface area contributed by atoms with Gasteiger partial charge in [-0.15, -0.1) is 0 Å². The molecule has 0 radical (unpaired) electrons. The lowest BCUT2D eigenvalue weighted by atomic mass is 10.0. The first-order valence-electron chi connectivity index (χ1n) is 9.13. The van der Waals surface area contributed by atoms with E-state index in [9.17, 15) is 9.59 Å². The number of carbonyl (C=O) groups is 2. The Labute approximate surface area is 172 Å². The molecule has 2 amide bonds. The summed E-state index contributed by atoms with van der Waals surface area (Å²) in [5, 5.41) is 0.781. The summed E-state index contributed by atoms with van der Waals surface area (Å²) in [5.41, 5.74) is 2.52. The zero-order valence-corrected chi connectivity index (χ0v) is 17.1. The molecule has 1 fully saturated rings. The molecule has 27 heavy (non-hydrogen) atoms. The Kier molecular flexibility index (Phi) is 5.24. The average Bonchev–Trinajstić information content (AvgIpc) is 3.14. The molecule has 2 aromatic carbocycles. The third kappa shape index (κ3) is 3.39. The standard InChI is InChI=1S/C21H20BrClN2O2/c22-12-20(26)25-17-8-4-7-16(17)21(27)24(13-14-5-2-1-3-6-14)19-11-15(23)9-10-18(19)25/h1-3,5-6,9-11,16-17H,4,7-8,12-13H2/t16-,17+/m0/s1. The van der Waals surface area contributed by atoms with Crippen molar-refractivity contribution < 1.29 is 9.59 Å². The first kappa shape index (κ1) is 18.5. The predicted molar refractivity (Wildman–Crippen MR) is 111 cm³/mol. The van der Waals surface area contributed by atoms with Gasteiger partial charge in [0, 0.05) is 11.1 Å². The van der Waals surface area contributed by atoms with Crippen molar-refractivity contribution in [3.05, 3.63) is 59.1 Å². The molecule has 6 heteroatoms. The van der Waals surface area contributed by atoms with Crippen LogP contribution in [0.15, 0.2) is 48.5 Å². The van der Waals surface area contributed by atoms with Gasteiger partial charge in [-0.1, -0.05) is 64.3 Å². The van der Waals surface area contributed by atoms with Gasteiger partial charge in [-0.25, -0.2) is 0 Å². The molecule has 1 aliphatic carbocycles. The van der Waals surface area contributed by atoms with Gasteiger partial charge in [0.15, 0.2) is 0 Å². The maximum absolute atomic E-state index is 13.5.